The molecule has 0 amide bonds. The molecule has 0 saturated carbocycles. The van der Waals surface area contributed by atoms with E-state index in [0.29, 0.717) is 13.1 Å². The molecule has 2 N–H and O–H groups in total. The van der Waals surface area contributed by atoms with Crippen LogP contribution in [0.15, 0.2) is 4.99 Å². The largest absolute Gasteiger partial charge is 0.357 e. The number of hydrogen-bond donors (Lipinski definition) is 2. The predicted octanol–water partition coefficient (Wildman–Crippen LogP) is 0.233. The molecule has 0 aromatic heterocycles. The lowest BCUT2D eigenvalue weighted by atomic mass is 10.3. The van der Waals surface area contributed by atoms with Crippen LogP contribution in [0.5, 0.6) is 0 Å². The summed E-state index contributed by atoms with van der Waals surface area (Å²) in [5.41, 5.74) is 0. The first-order valence-corrected chi connectivity index (χ1v) is 8.24. The quantitative estimate of drug-likeness (QED) is 0.379. The van der Waals surface area contributed by atoms with Crippen molar-refractivity contribution in [1.82, 2.24) is 14.9 Å². The van der Waals surface area contributed by atoms with Crippen molar-refractivity contribution in [3.8, 4) is 0 Å². The second-order valence-electron chi connectivity index (χ2n) is 4.18. The highest BCUT2D eigenvalue weighted by Crippen LogP contribution is 1.93. The van der Waals surface area contributed by atoms with Crippen molar-refractivity contribution in [3.05, 3.63) is 0 Å². The Morgan fingerprint density at radius 3 is 2.50 bits per heavy atom. The first-order valence-electron chi connectivity index (χ1n) is 6.34. The summed E-state index contributed by atoms with van der Waals surface area (Å²) < 4.78 is 24.2. The van der Waals surface area contributed by atoms with E-state index >= 15 is 0 Å². The van der Waals surface area contributed by atoms with Crippen molar-refractivity contribution in [2.75, 3.05) is 39.5 Å². The van der Waals surface area contributed by atoms with Gasteiger partial charge in [0.25, 0.3) is 0 Å². The van der Waals surface area contributed by atoms with Gasteiger partial charge in [-0.15, -0.1) is 0 Å². The Hall–Kier alpha value is -0.820. The Balaban J connectivity index is 4.22. The van der Waals surface area contributed by atoms with Gasteiger partial charge in [0.1, 0.15) is 0 Å². The smallest absolute Gasteiger partial charge is 0.208 e. The summed E-state index contributed by atoms with van der Waals surface area (Å²) in [6.07, 6.45) is 3.40. The first-order chi connectivity index (χ1) is 8.40. The van der Waals surface area contributed by atoms with Gasteiger partial charge in [-0.05, 0) is 13.3 Å². The minimum Gasteiger partial charge on any atom is -0.357 e. The van der Waals surface area contributed by atoms with Gasteiger partial charge in [0.05, 0.1) is 12.8 Å². The van der Waals surface area contributed by atoms with E-state index in [1.54, 1.807) is 0 Å². The molecule has 0 heterocycles. The van der Waals surface area contributed by atoms with E-state index in [1.807, 2.05) is 14.0 Å². The van der Waals surface area contributed by atoms with Gasteiger partial charge in [0.15, 0.2) is 5.96 Å². The maximum atomic E-state index is 10.9. The van der Waals surface area contributed by atoms with Crippen LogP contribution in [0.2, 0.25) is 0 Å². The minimum atomic E-state index is -3.12. The van der Waals surface area contributed by atoms with Crippen LogP contribution in [-0.4, -0.2) is 58.8 Å². The molecule has 0 aromatic carbocycles. The van der Waals surface area contributed by atoms with Gasteiger partial charge in [0, 0.05) is 26.7 Å². The van der Waals surface area contributed by atoms with Crippen LogP contribution in [-0.2, 0) is 10.0 Å². The van der Waals surface area contributed by atoms with E-state index in [9.17, 15) is 8.42 Å². The van der Waals surface area contributed by atoms with Crippen LogP contribution in [0, 0.1) is 0 Å². The fraction of sp³-hybridized carbons (Fsp3) is 0.909. The molecule has 0 atom stereocenters. The molecule has 0 aliphatic heterocycles. The number of nitrogens with zero attached hydrogens (tertiary/aromatic N) is 2. The fourth-order valence-corrected chi connectivity index (χ4v) is 1.83. The number of nitrogens with one attached hydrogen (secondary N) is 2. The molecule has 0 unspecified atom stereocenters. The topological polar surface area (TPSA) is 73.8 Å². The highest BCUT2D eigenvalue weighted by atomic mass is 32.2. The molecule has 0 rings (SSSR count). The molecule has 0 fully saturated rings. The highest BCUT2D eigenvalue weighted by molar-refractivity contribution is 7.88. The molecule has 0 aromatic rings. The van der Waals surface area contributed by atoms with Crippen LogP contribution < -0.4 is 10.0 Å². The van der Waals surface area contributed by atoms with Gasteiger partial charge in [-0.1, -0.05) is 13.3 Å². The van der Waals surface area contributed by atoms with E-state index < -0.39 is 10.0 Å². The highest BCUT2D eigenvalue weighted by Gasteiger charge is 2.04. The van der Waals surface area contributed by atoms with Crippen LogP contribution in [0.25, 0.3) is 0 Å². The fourth-order valence-electron chi connectivity index (χ4n) is 1.36. The SMILES string of the molecule is CCCCN(C)C(=NCCNS(C)(=O)=O)NCC. The van der Waals surface area contributed by atoms with Gasteiger partial charge in [-0.25, -0.2) is 13.1 Å². The average Bonchev–Trinajstić information content (AvgIpc) is 2.28. The normalized spacial score (nSPS) is 12.6. The molecule has 0 aliphatic carbocycles. The number of rotatable bonds is 8. The lowest BCUT2D eigenvalue weighted by Crippen LogP contribution is -2.40. The summed E-state index contributed by atoms with van der Waals surface area (Å²) >= 11 is 0. The second kappa shape index (κ2) is 9.16. The summed E-state index contributed by atoms with van der Waals surface area (Å²) in [6, 6.07) is 0. The van der Waals surface area contributed by atoms with Crippen LogP contribution in [0.3, 0.4) is 0 Å². The summed E-state index contributed by atoms with van der Waals surface area (Å²) in [5.74, 6) is 0.821. The number of unbranched alkanes of at least 4 members (excludes halogenated alkanes) is 1. The Morgan fingerprint density at radius 2 is 2.00 bits per heavy atom. The zero-order valence-electron chi connectivity index (χ0n) is 11.9. The van der Waals surface area contributed by atoms with E-state index in [-0.39, 0.29) is 0 Å². The van der Waals surface area contributed by atoms with Gasteiger partial charge in [-0.3, -0.25) is 4.99 Å². The third-order valence-corrected chi connectivity index (χ3v) is 3.01. The van der Waals surface area contributed by atoms with Crippen molar-refractivity contribution >= 4 is 16.0 Å². The van der Waals surface area contributed by atoms with Crippen LogP contribution in [0.1, 0.15) is 26.7 Å². The van der Waals surface area contributed by atoms with E-state index in [1.165, 1.54) is 0 Å². The Morgan fingerprint density at radius 1 is 1.33 bits per heavy atom. The molecular formula is C11H26N4O2S. The summed E-state index contributed by atoms with van der Waals surface area (Å²) in [5, 5.41) is 3.19. The van der Waals surface area contributed by atoms with Gasteiger partial charge in [0.2, 0.25) is 10.0 Å². The minimum absolute atomic E-state index is 0.329. The Bertz CT molecular complexity index is 341. The molecule has 0 spiro atoms. The maximum absolute atomic E-state index is 10.9. The van der Waals surface area contributed by atoms with Crippen LogP contribution >= 0.6 is 0 Å². The summed E-state index contributed by atoms with van der Waals surface area (Å²) in [7, 11) is -1.13. The van der Waals surface area contributed by atoms with Crippen molar-refractivity contribution in [1.29, 1.82) is 0 Å². The standard InChI is InChI=1S/C11H26N4O2S/c1-5-7-10-15(3)11(12-6-2)13-8-9-14-18(4,16)17/h14H,5-10H2,1-4H3,(H,12,13). The first kappa shape index (κ1) is 17.2. The lowest BCUT2D eigenvalue weighted by Gasteiger charge is -2.21. The van der Waals surface area contributed by atoms with E-state index in [2.05, 4.69) is 26.9 Å². The zero-order chi connectivity index (χ0) is 14.0. The molecule has 18 heavy (non-hydrogen) atoms. The maximum Gasteiger partial charge on any atom is 0.208 e. The molecule has 0 aliphatic rings. The van der Waals surface area contributed by atoms with Crippen molar-refractivity contribution in [2.45, 2.75) is 26.7 Å². The third-order valence-electron chi connectivity index (χ3n) is 2.28. The molecule has 6 nitrogen and oxygen atoms in total. The van der Waals surface area contributed by atoms with Crippen molar-refractivity contribution < 1.29 is 8.42 Å². The monoisotopic (exact) mass is 278 g/mol. The molecule has 7 heteroatoms. The number of guanidine groups is 1. The van der Waals surface area contributed by atoms with Crippen molar-refractivity contribution in [3.63, 3.8) is 0 Å². The summed E-state index contributed by atoms with van der Waals surface area (Å²) in [4.78, 5) is 6.44. The molecule has 0 radical (unpaired) electrons. The predicted molar refractivity (Wildman–Crippen MR) is 76.4 cm³/mol. The van der Waals surface area contributed by atoms with E-state index in [4.69, 9.17) is 0 Å². The van der Waals surface area contributed by atoms with Crippen molar-refractivity contribution in [2.24, 2.45) is 4.99 Å². The van der Waals surface area contributed by atoms with E-state index in [0.717, 1.165) is 38.1 Å². The average molecular weight is 278 g/mol. The van der Waals surface area contributed by atoms with Crippen LogP contribution in [0.4, 0.5) is 0 Å². The van der Waals surface area contributed by atoms with Gasteiger partial charge < -0.3 is 10.2 Å². The number of sulfonamides is 1. The lowest BCUT2D eigenvalue weighted by molar-refractivity contribution is 0.465. The number of hydrogen-bond acceptors (Lipinski definition) is 3. The van der Waals surface area contributed by atoms with Gasteiger partial charge >= 0.3 is 0 Å². The Labute approximate surface area is 111 Å². The molecule has 0 bridgehead atoms. The zero-order valence-corrected chi connectivity index (χ0v) is 12.7. The Kier molecular flexibility index (Phi) is 8.74. The molecular weight excluding hydrogens is 252 g/mol. The molecule has 108 valence electrons. The third kappa shape index (κ3) is 9.23. The number of aliphatic imine (C=N–C) groups is 1. The molecule has 0 saturated heterocycles. The van der Waals surface area contributed by atoms with Gasteiger partial charge in [-0.2, -0.15) is 0 Å². The second-order valence-corrected chi connectivity index (χ2v) is 6.01. The summed E-state index contributed by atoms with van der Waals surface area (Å²) in [6.45, 7) is 6.67.